The van der Waals surface area contributed by atoms with E-state index in [0.29, 0.717) is 0 Å². The van der Waals surface area contributed by atoms with Crippen molar-refractivity contribution in [2.75, 3.05) is 6.54 Å². The Morgan fingerprint density at radius 1 is 1.26 bits per heavy atom. The molecule has 0 amide bonds. The third-order valence-corrected chi connectivity index (χ3v) is 4.42. The maximum atomic E-state index is 13.5. The Labute approximate surface area is 116 Å². The molecular weight excluding hydrogens is 237 g/mol. The lowest BCUT2D eigenvalue weighted by atomic mass is 9.87. The van der Waals surface area contributed by atoms with Crippen LogP contribution in [0.3, 0.4) is 0 Å². The van der Waals surface area contributed by atoms with E-state index in [1.165, 1.54) is 38.5 Å². The molecule has 1 fully saturated rings. The fourth-order valence-corrected chi connectivity index (χ4v) is 2.98. The highest BCUT2D eigenvalue weighted by Gasteiger charge is 2.13. The first-order chi connectivity index (χ1) is 9.16. The highest BCUT2D eigenvalue weighted by atomic mass is 19.1. The van der Waals surface area contributed by atoms with Crippen LogP contribution in [0.4, 0.5) is 4.39 Å². The maximum Gasteiger partial charge on any atom is 0.126 e. The summed E-state index contributed by atoms with van der Waals surface area (Å²) in [5, 5.41) is 3.53. The molecule has 1 aliphatic carbocycles. The third-order valence-electron chi connectivity index (χ3n) is 4.42. The molecule has 0 radical (unpaired) electrons. The molecule has 0 heterocycles. The fraction of sp³-hybridized carbons (Fsp3) is 0.647. The van der Waals surface area contributed by atoms with E-state index in [2.05, 4.69) is 12.2 Å². The summed E-state index contributed by atoms with van der Waals surface area (Å²) < 4.78 is 13.5. The van der Waals surface area contributed by atoms with Crippen LogP contribution in [-0.2, 0) is 0 Å². The zero-order chi connectivity index (χ0) is 13.7. The summed E-state index contributed by atoms with van der Waals surface area (Å²) in [5.41, 5.74) is 1.77. The second kappa shape index (κ2) is 7.04. The van der Waals surface area contributed by atoms with Crippen LogP contribution in [0.1, 0.15) is 62.6 Å². The quantitative estimate of drug-likeness (QED) is 0.808. The van der Waals surface area contributed by atoms with Crippen molar-refractivity contribution in [1.29, 1.82) is 0 Å². The van der Waals surface area contributed by atoms with Gasteiger partial charge in [0.2, 0.25) is 0 Å². The lowest BCUT2D eigenvalue weighted by Gasteiger charge is -2.23. The van der Waals surface area contributed by atoms with Gasteiger partial charge in [0.05, 0.1) is 0 Å². The van der Waals surface area contributed by atoms with Crippen LogP contribution in [0.15, 0.2) is 18.2 Å². The fourth-order valence-electron chi connectivity index (χ4n) is 2.98. The SMILES string of the molecule is Cc1ccc(C(C)NCCC2CCCCC2)cc1F. The first-order valence-electron chi connectivity index (χ1n) is 7.66. The van der Waals surface area contributed by atoms with Gasteiger partial charge in [-0.15, -0.1) is 0 Å². The third kappa shape index (κ3) is 4.31. The Morgan fingerprint density at radius 3 is 2.68 bits per heavy atom. The molecule has 0 bridgehead atoms. The van der Waals surface area contributed by atoms with Gasteiger partial charge in [0, 0.05) is 6.04 Å². The molecule has 1 unspecified atom stereocenters. The van der Waals surface area contributed by atoms with Gasteiger partial charge in [-0.05, 0) is 49.9 Å². The van der Waals surface area contributed by atoms with Crippen LogP contribution in [0.5, 0.6) is 0 Å². The van der Waals surface area contributed by atoms with Gasteiger partial charge < -0.3 is 5.32 Å². The van der Waals surface area contributed by atoms with E-state index >= 15 is 0 Å². The molecule has 1 aromatic rings. The number of benzene rings is 1. The monoisotopic (exact) mass is 263 g/mol. The lowest BCUT2D eigenvalue weighted by molar-refractivity contribution is 0.329. The minimum Gasteiger partial charge on any atom is -0.310 e. The zero-order valence-electron chi connectivity index (χ0n) is 12.2. The van der Waals surface area contributed by atoms with Gasteiger partial charge in [0.25, 0.3) is 0 Å². The summed E-state index contributed by atoms with van der Waals surface area (Å²) in [4.78, 5) is 0. The Kier molecular flexibility index (Phi) is 5.38. The topological polar surface area (TPSA) is 12.0 Å². The normalized spacial score (nSPS) is 18.5. The molecule has 1 N–H and O–H groups in total. The summed E-state index contributed by atoms with van der Waals surface area (Å²) in [6.07, 6.45) is 8.29. The minimum absolute atomic E-state index is 0.0987. The van der Waals surface area contributed by atoms with Crippen molar-refractivity contribution in [3.8, 4) is 0 Å². The molecule has 0 saturated heterocycles. The van der Waals surface area contributed by atoms with E-state index in [-0.39, 0.29) is 11.9 Å². The molecule has 0 aromatic heterocycles. The van der Waals surface area contributed by atoms with Crippen LogP contribution in [-0.4, -0.2) is 6.54 Å². The van der Waals surface area contributed by atoms with E-state index in [1.807, 2.05) is 12.1 Å². The highest BCUT2D eigenvalue weighted by Crippen LogP contribution is 2.26. The number of nitrogens with one attached hydrogen (secondary N) is 1. The van der Waals surface area contributed by atoms with E-state index in [4.69, 9.17) is 0 Å². The van der Waals surface area contributed by atoms with E-state index < -0.39 is 0 Å². The molecule has 1 aromatic carbocycles. The van der Waals surface area contributed by atoms with Crippen LogP contribution in [0, 0.1) is 18.7 Å². The van der Waals surface area contributed by atoms with Crippen molar-refractivity contribution >= 4 is 0 Å². The summed E-state index contributed by atoms with van der Waals surface area (Å²) in [6.45, 7) is 4.96. The minimum atomic E-state index is -0.0987. The van der Waals surface area contributed by atoms with Gasteiger partial charge in [-0.25, -0.2) is 4.39 Å². The van der Waals surface area contributed by atoms with Crippen LogP contribution >= 0.6 is 0 Å². The predicted molar refractivity (Wildman–Crippen MR) is 78.7 cm³/mol. The van der Waals surface area contributed by atoms with Gasteiger partial charge >= 0.3 is 0 Å². The number of hydrogen-bond donors (Lipinski definition) is 1. The molecular formula is C17H26FN. The molecule has 2 rings (SSSR count). The molecule has 2 heteroatoms. The molecule has 0 aliphatic heterocycles. The number of hydrogen-bond acceptors (Lipinski definition) is 1. The predicted octanol–water partition coefficient (Wildman–Crippen LogP) is 4.76. The number of rotatable bonds is 5. The number of halogens is 1. The standard InChI is InChI=1S/C17H26FN/c1-13-8-9-16(12-17(13)18)14(2)19-11-10-15-6-4-3-5-7-15/h8-9,12,14-15,19H,3-7,10-11H2,1-2H3. The largest absolute Gasteiger partial charge is 0.310 e. The van der Waals surface area contributed by atoms with Crippen molar-refractivity contribution in [3.63, 3.8) is 0 Å². The first kappa shape index (κ1) is 14.5. The summed E-state index contributed by atoms with van der Waals surface area (Å²) >= 11 is 0. The van der Waals surface area contributed by atoms with Crippen molar-refractivity contribution in [2.24, 2.45) is 5.92 Å². The van der Waals surface area contributed by atoms with Crippen molar-refractivity contribution in [3.05, 3.63) is 35.1 Å². The summed E-state index contributed by atoms with van der Waals surface area (Å²) in [7, 11) is 0. The summed E-state index contributed by atoms with van der Waals surface area (Å²) in [5.74, 6) is 0.807. The first-order valence-corrected chi connectivity index (χ1v) is 7.66. The van der Waals surface area contributed by atoms with Crippen molar-refractivity contribution in [1.82, 2.24) is 5.32 Å². The van der Waals surface area contributed by atoms with Gasteiger partial charge in [0.1, 0.15) is 5.82 Å². The van der Waals surface area contributed by atoms with Crippen LogP contribution < -0.4 is 5.32 Å². The zero-order valence-corrected chi connectivity index (χ0v) is 12.2. The average Bonchev–Trinajstić information content (AvgIpc) is 2.43. The van der Waals surface area contributed by atoms with Crippen molar-refractivity contribution < 1.29 is 4.39 Å². The average molecular weight is 263 g/mol. The second-order valence-electron chi connectivity index (χ2n) is 5.98. The second-order valence-corrected chi connectivity index (χ2v) is 5.98. The lowest BCUT2D eigenvalue weighted by Crippen LogP contribution is -2.22. The van der Waals surface area contributed by atoms with Crippen LogP contribution in [0.2, 0.25) is 0 Å². The van der Waals surface area contributed by atoms with Gasteiger partial charge in [-0.2, -0.15) is 0 Å². The highest BCUT2D eigenvalue weighted by molar-refractivity contribution is 5.25. The number of aryl methyl sites for hydroxylation is 1. The molecule has 1 aliphatic rings. The molecule has 0 spiro atoms. The van der Waals surface area contributed by atoms with E-state index in [9.17, 15) is 4.39 Å². The molecule has 1 saturated carbocycles. The Bertz CT molecular complexity index is 396. The molecule has 1 nitrogen and oxygen atoms in total. The van der Waals surface area contributed by atoms with Gasteiger partial charge in [-0.3, -0.25) is 0 Å². The van der Waals surface area contributed by atoms with E-state index in [1.54, 1.807) is 13.0 Å². The Balaban J connectivity index is 1.76. The molecule has 106 valence electrons. The summed E-state index contributed by atoms with van der Waals surface area (Å²) in [6, 6.07) is 5.78. The molecule has 1 atom stereocenters. The van der Waals surface area contributed by atoms with Crippen molar-refractivity contribution in [2.45, 2.75) is 58.4 Å². The van der Waals surface area contributed by atoms with E-state index in [0.717, 1.165) is 23.6 Å². The maximum absolute atomic E-state index is 13.5. The smallest absolute Gasteiger partial charge is 0.126 e. The Hall–Kier alpha value is -0.890. The van der Waals surface area contributed by atoms with Gasteiger partial charge in [0.15, 0.2) is 0 Å². The van der Waals surface area contributed by atoms with Crippen LogP contribution in [0.25, 0.3) is 0 Å². The Morgan fingerprint density at radius 2 is 2.00 bits per heavy atom. The van der Waals surface area contributed by atoms with Gasteiger partial charge in [-0.1, -0.05) is 44.2 Å². The molecule has 19 heavy (non-hydrogen) atoms.